The number of carbonyl (C=O) groups excluding carboxylic acids is 1. The monoisotopic (exact) mass is 238 g/mol. The topological polar surface area (TPSA) is 66.8 Å². The molecular formula is C12H30O4. The molecule has 102 valence electrons. The number of carbonyl (C=O) groups is 1. The van der Waals surface area contributed by atoms with E-state index in [1.54, 1.807) is 0 Å². The van der Waals surface area contributed by atoms with Crippen LogP contribution < -0.4 is 0 Å². The fourth-order valence-electron chi connectivity index (χ4n) is 0.306. The second kappa shape index (κ2) is 9.60. The highest BCUT2D eigenvalue weighted by Crippen LogP contribution is 2.13. The minimum Gasteiger partial charge on any atom is -0.469 e. The molecule has 0 atom stereocenters. The van der Waals surface area contributed by atoms with Crippen molar-refractivity contribution in [1.82, 2.24) is 0 Å². The van der Waals surface area contributed by atoms with E-state index in [9.17, 15) is 4.79 Å². The van der Waals surface area contributed by atoms with Gasteiger partial charge in [-0.2, -0.15) is 0 Å². The Morgan fingerprint density at radius 2 is 1.38 bits per heavy atom. The minimum atomic E-state index is -0.352. The normalized spacial score (nSPS) is 10.4. The molecule has 0 radical (unpaired) electrons. The predicted octanol–water partition coefficient (Wildman–Crippen LogP) is 2.08. The number of ether oxygens (including phenoxy) is 1. The molecule has 0 saturated heterocycles. The summed E-state index contributed by atoms with van der Waals surface area (Å²) in [4.78, 5) is 10.6. The predicted molar refractivity (Wildman–Crippen MR) is 68.3 cm³/mol. The van der Waals surface area contributed by atoms with Crippen molar-refractivity contribution in [1.29, 1.82) is 0 Å². The van der Waals surface area contributed by atoms with Gasteiger partial charge in [0.25, 0.3) is 0 Å². The molecule has 4 heteroatoms. The van der Waals surface area contributed by atoms with Crippen LogP contribution in [0.25, 0.3) is 0 Å². The van der Waals surface area contributed by atoms with Crippen molar-refractivity contribution in [2.45, 2.75) is 41.5 Å². The van der Waals surface area contributed by atoms with Crippen molar-refractivity contribution in [3.63, 3.8) is 0 Å². The zero-order chi connectivity index (χ0) is 14.0. The van der Waals surface area contributed by atoms with Crippen LogP contribution in [0, 0.1) is 10.8 Å². The zero-order valence-electron chi connectivity index (χ0n) is 11.9. The maximum atomic E-state index is 10.6. The second-order valence-corrected chi connectivity index (χ2v) is 5.46. The summed E-state index contributed by atoms with van der Waals surface area (Å²) in [6.45, 7) is 11.7. The van der Waals surface area contributed by atoms with Gasteiger partial charge in [-0.05, 0) is 26.2 Å². The van der Waals surface area contributed by atoms with Crippen LogP contribution in [0.3, 0.4) is 0 Å². The average molecular weight is 238 g/mol. The Hall–Kier alpha value is -0.610. The fraction of sp³-hybridized carbons (Fsp3) is 0.917. The van der Waals surface area contributed by atoms with E-state index >= 15 is 0 Å². The third-order valence-electron chi connectivity index (χ3n) is 1.27. The summed E-state index contributed by atoms with van der Waals surface area (Å²) < 4.78 is 4.48. The third-order valence-corrected chi connectivity index (χ3v) is 1.27. The summed E-state index contributed by atoms with van der Waals surface area (Å²) in [6.07, 6.45) is 0. The van der Waals surface area contributed by atoms with E-state index < -0.39 is 0 Å². The number of aliphatic hydroxyl groups excluding tert-OH is 2. The van der Waals surface area contributed by atoms with E-state index in [1.165, 1.54) is 7.11 Å². The first-order chi connectivity index (χ1) is 7.04. The molecule has 0 rings (SSSR count). The van der Waals surface area contributed by atoms with Crippen LogP contribution >= 0.6 is 0 Å². The number of rotatable bonds is 0. The van der Waals surface area contributed by atoms with Gasteiger partial charge >= 0.3 is 5.97 Å². The number of hydrogen-bond donors (Lipinski definition) is 2. The SMILES string of the molecule is CC(C)(C)CO.CO.COC(=O)C(C)(C)C.[HH]. The van der Waals surface area contributed by atoms with Crippen LogP contribution in [-0.2, 0) is 9.53 Å². The van der Waals surface area contributed by atoms with E-state index in [4.69, 9.17) is 10.2 Å². The lowest BCUT2D eigenvalue weighted by Crippen LogP contribution is -2.21. The lowest BCUT2D eigenvalue weighted by Gasteiger charge is -2.13. The molecule has 0 saturated carbocycles. The van der Waals surface area contributed by atoms with Gasteiger partial charge in [0, 0.05) is 15.1 Å². The van der Waals surface area contributed by atoms with Gasteiger partial charge in [-0.15, -0.1) is 0 Å². The lowest BCUT2D eigenvalue weighted by atomic mass is 9.98. The standard InChI is InChI=1S/C6H12O2.C5H12O.CH4O.H2/c1-6(2,3)5(7)8-4;1-5(2,3)4-6;1-2;/h1-4H3;6H,4H2,1-3H3;2H,1H3;1H. The summed E-state index contributed by atoms with van der Waals surface area (Å²) >= 11 is 0. The lowest BCUT2D eigenvalue weighted by molar-refractivity contribution is -0.149. The molecule has 0 aliphatic carbocycles. The van der Waals surface area contributed by atoms with Gasteiger partial charge in [0.05, 0.1) is 12.5 Å². The smallest absolute Gasteiger partial charge is 0.310 e. The van der Waals surface area contributed by atoms with E-state index in [0.717, 1.165) is 7.11 Å². The Kier molecular flexibility index (Phi) is 12.5. The molecule has 0 fully saturated rings. The molecule has 0 aromatic carbocycles. The van der Waals surface area contributed by atoms with Crippen molar-refractivity contribution in [3.8, 4) is 0 Å². The molecule has 0 aliphatic rings. The summed E-state index contributed by atoms with van der Waals surface area (Å²) in [7, 11) is 2.40. The fourth-order valence-corrected chi connectivity index (χ4v) is 0.306. The van der Waals surface area contributed by atoms with Gasteiger partial charge in [0.15, 0.2) is 0 Å². The molecule has 4 nitrogen and oxygen atoms in total. The number of hydrogen-bond acceptors (Lipinski definition) is 4. The van der Waals surface area contributed by atoms with Gasteiger partial charge in [0.1, 0.15) is 0 Å². The Labute approximate surface area is 101 Å². The van der Waals surface area contributed by atoms with Gasteiger partial charge in [-0.3, -0.25) is 4.79 Å². The molecular weight excluding hydrogens is 208 g/mol. The van der Waals surface area contributed by atoms with Crippen LogP contribution in [0.5, 0.6) is 0 Å². The van der Waals surface area contributed by atoms with Gasteiger partial charge < -0.3 is 14.9 Å². The van der Waals surface area contributed by atoms with Gasteiger partial charge in [-0.1, -0.05) is 20.8 Å². The number of aliphatic hydroxyl groups is 2. The molecule has 0 aromatic heterocycles. The summed E-state index contributed by atoms with van der Waals surface area (Å²) in [6, 6.07) is 0. The van der Waals surface area contributed by atoms with Crippen LogP contribution in [0.1, 0.15) is 43.0 Å². The number of methoxy groups -OCH3 is 1. The Bertz CT molecular complexity index is 168. The molecule has 16 heavy (non-hydrogen) atoms. The van der Waals surface area contributed by atoms with E-state index in [0.29, 0.717) is 0 Å². The first-order valence-electron chi connectivity index (χ1n) is 5.18. The Balaban J connectivity index is -0.0000000844. The van der Waals surface area contributed by atoms with Crippen molar-refractivity contribution in [2.75, 3.05) is 20.8 Å². The van der Waals surface area contributed by atoms with Crippen LogP contribution in [-0.4, -0.2) is 37.0 Å². The first kappa shape index (κ1) is 20.8. The van der Waals surface area contributed by atoms with Crippen molar-refractivity contribution >= 4 is 5.97 Å². The van der Waals surface area contributed by atoms with Crippen LogP contribution in [0.15, 0.2) is 0 Å². The first-order valence-corrected chi connectivity index (χ1v) is 5.18. The van der Waals surface area contributed by atoms with Crippen LogP contribution in [0.2, 0.25) is 0 Å². The highest BCUT2D eigenvalue weighted by molar-refractivity contribution is 5.75. The molecule has 0 unspecified atom stereocenters. The van der Waals surface area contributed by atoms with Crippen LogP contribution in [0.4, 0.5) is 0 Å². The van der Waals surface area contributed by atoms with Crippen molar-refractivity contribution in [3.05, 3.63) is 0 Å². The maximum absolute atomic E-state index is 10.6. The molecule has 0 spiro atoms. The largest absolute Gasteiger partial charge is 0.469 e. The highest BCUT2D eigenvalue weighted by Gasteiger charge is 2.21. The second-order valence-electron chi connectivity index (χ2n) is 5.46. The van der Waals surface area contributed by atoms with Crippen molar-refractivity contribution < 1.29 is 21.2 Å². The van der Waals surface area contributed by atoms with E-state index in [2.05, 4.69) is 4.74 Å². The Morgan fingerprint density at radius 1 is 1.12 bits per heavy atom. The molecule has 0 aliphatic heterocycles. The van der Waals surface area contributed by atoms with E-state index in [1.807, 2.05) is 41.5 Å². The zero-order valence-corrected chi connectivity index (χ0v) is 11.9. The van der Waals surface area contributed by atoms with Crippen molar-refractivity contribution in [2.24, 2.45) is 10.8 Å². The third kappa shape index (κ3) is 19.0. The minimum absolute atomic E-state index is 0. The molecule has 0 aromatic rings. The average Bonchev–Trinajstić information content (AvgIpc) is 2.18. The number of esters is 1. The Morgan fingerprint density at radius 3 is 1.38 bits per heavy atom. The quantitative estimate of drug-likeness (QED) is 0.634. The molecule has 2 N–H and O–H groups in total. The summed E-state index contributed by atoms with van der Waals surface area (Å²) in [5.41, 5.74) is -0.255. The summed E-state index contributed by atoms with van der Waals surface area (Å²) in [5.74, 6) is -0.169. The highest BCUT2D eigenvalue weighted by atomic mass is 16.5. The van der Waals surface area contributed by atoms with Gasteiger partial charge in [-0.25, -0.2) is 0 Å². The van der Waals surface area contributed by atoms with Gasteiger partial charge in [0.2, 0.25) is 0 Å². The molecule has 0 heterocycles. The van der Waals surface area contributed by atoms with E-state index in [-0.39, 0.29) is 24.8 Å². The summed E-state index contributed by atoms with van der Waals surface area (Å²) in [5, 5.41) is 15.4. The maximum Gasteiger partial charge on any atom is 0.310 e. The molecule has 0 amide bonds. The molecule has 0 bridgehead atoms.